The molecule has 0 bridgehead atoms. The first-order chi connectivity index (χ1) is 12.0. The van der Waals surface area contributed by atoms with Gasteiger partial charge in [-0.15, -0.1) is 0 Å². The molecule has 0 aliphatic carbocycles. The summed E-state index contributed by atoms with van der Waals surface area (Å²) in [5.41, 5.74) is 0. The Morgan fingerprint density at radius 1 is 0.407 bits per heavy atom. The van der Waals surface area contributed by atoms with E-state index in [9.17, 15) is 52.7 Å². The molecule has 17 heteroatoms. The molecule has 0 aromatic carbocycles. The van der Waals surface area contributed by atoms with Crippen LogP contribution in [0.25, 0.3) is 0 Å². The third-order valence-corrected chi connectivity index (χ3v) is 4.86. The maximum atomic E-state index is 12.2. The van der Waals surface area contributed by atoms with E-state index in [1.165, 1.54) is 0 Å². The second-order valence-corrected chi connectivity index (χ2v) is 5.29. The largest absolute Gasteiger partial charge is 0.281 e. The number of hydrogen-bond acceptors (Lipinski definition) is 4. The molecule has 0 amide bonds. The summed E-state index contributed by atoms with van der Waals surface area (Å²) in [4.78, 5) is 30.0. The van der Waals surface area contributed by atoms with Crippen LogP contribution in [0.1, 0.15) is 0 Å². The van der Waals surface area contributed by atoms with E-state index >= 15 is 0 Å². The first-order valence-electron chi connectivity index (χ1n) is 4.69. The van der Waals surface area contributed by atoms with Gasteiger partial charge in [0, 0.05) is 0 Å². The zero-order valence-corrected chi connectivity index (χ0v) is 12.6. The van der Waals surface area contributed by atoms with Crippen LogP contribution < -0.4 is 0 Å². The van der Waals surface area contributed by atoms with Crippen LogP contribution in [-0.2, 0) is 34.1 Å². The van der Waals surface area contributed by atoms with Gasteiger partial charge >= 0.3 is 101 Å². The van der Waals surface area contributed by atoms with E-state index < -0.39 is 48.3 Å². The van der Waals surface area contributed by atoms with Gasteiger partial charge in [0.05, 0.1) is 0 Å². The Balaban J connectivity index is -0.000000292. The summed E-state index contributed by atoms with van der Waals surface area (Å²) in [5, 5.41) is 0. The average Bonchev–Trinajstić information content (AvgIpc) is 3.28. The predicted molar refractivity (Wildman–Crippen MR) is 52.4 cm³/mol. The van der Waals surface area contributed by atoms with Gasteiger partial charge in [-0.1, -0.05) is 0 Å². The second-order valence-electron chi connectivity index (χ2n) is 3.36. The van der Waals surface area contributed by atoms with E-state index in [0.717, 1.165) is 0 Å². The predicted octanol–water partition coefficient (Wildman–Crippen LogP) is 3.06. The molecule has 1 heterocycles. The number of alkyl halides is 12. The van der Waals surface area contributed by atoms with Gasteiger partial charge in [0.25, 0.3) is 27.2 Å². The normalized spacial score (nSPS) is 17.3. The van der Waals surface area contributed by atoms with Crippen molar-refractivity contribution in [2.75, 3.05) is 0 Å². The summed E-state index contributed by atoms with van der Waals surface area (Å²) >= 11 is -3.14. The Kier molecular flexibility index (Phi) is 13.0. The minimum Gasteiger partial charge on any atom is -0.281 e. The van der Waals surface area contributed by atoms with Gasteiger partial charge in [-0.05, 0) is 0 Å². The number of rotatable bonds is 0. The third-order valence-electron chi connectivity index (χ3n) is 2.23. The maximum absolute atomic E-state index is 12.2. The van der Waals surface area contributed by atoms with Gasteiger partial charge in [0.1, 0.15) is 0 Å². The monoisotopic (exact) mass is 468 g/mol. The van der Waals surface area contributed by atoms with E-state index in [-0.39, 0.29) is 0 Å². The van der Waals surface area contributed by atoms with Gasteiger partial charge in [0.15, 0.2) is 0 Å². The zero-order chi connectivity index (χ0) is 23.7. The van der Waals surface area contributed by atoms with Crippen LogP contribution in [0.3, 0.4) is 0 Å². The first kappa shape index (κ1) is 33.0. The summed E-state index contributed by atoms with van der Waals surface area (Å²) < 4.78 is 135. The Morgan fingerprint density at radius 2 is 0.519 bits per heavy atom. The molecule has 156 valence electrons. The van der Waals surface area contributed by atoms with E-state index in [1.807, 2.05) is 0 Å². The molecule has 0 spiro atoms. The van der Waals surface area contributed by atoms with Crippen LogP contribution in [0.2, 0.25) is 8.63 Å². The molecule has 1 aliphatic heterocycles. The number of halogens is 12. The molecule has 1 fully saturated rings. The van der Waals surface area contributed by atoms with Crippen molar-refractivity contribution >= 4 is 27.2 Å². The molecular weight excluding hydrogens is 468 g/mol. The van der Waals surface area contributed by atoms with Crippen molar-refractivity contribution in [3.63, 3.8) is 0 Å². The second kappa shape index (κ2) is 10.6. The zero-order valence-electron chi connectivity index (χ0n) is 11.5. The molecule has 0 saturated carbocycles. The van der Waals surface area contributed by atoms with Crippen molar-refractivity contribution in [1.82, 2.24) is 0 Å². The quantitative estimate of drug-likeness (QED) is 0.405. The van der Waals surface area contributed by atoms with E-state index in [2.05, 4.69) is 27.2 Å². The van der Waals surface area contributed by atoms with Gasteiger partial charge in [-0.25, -0.2) is 0 Å². The Morgan fingerprint density at radius 3 is 0.556 bits per heavy atom. The van der Waals surface area contributed by atoms with E-state index in [0.29, 0.717) is 0 Å². The smallest absolute Gasteiger partial charge is 0.281 e. The fourth-order valence-corrected chi connectivity index (χ4v) is 3.27. The van der Waals surface area contributed by atoms with E-state index in [1.54, 1.807) is 0 Å². The van der Waals surface area contributed by atoms with Crippen molar-refractivity contribution in [2.45, 2.75) is 33.3 Å². The number of hydrogen-bond donors (Lipinski definition) is 0. The van der Waals surface area contributed by atoms with Crippen molar-refractivity contribution in [2.24, 2.45) is 0 Å². The standard InChI is InChI=1S/C6F12.4CO.Fe/c7-3(8,9)1(4(10,11)12)2(5(13,14)15)6(16,17)18;4*1-2;. The summed E-state index contributed by atoms with van der Waals surface area (Å²) in [6, 6.07) is 0. The Labute approximate surface area is 148 Å². The summed E-state index contributed by atoms with van der Waals surface area (Å²) in [6.45, 7) is 18.0. The maximum Gasteiger partial charge on any atom is 0.281 e. The fraction of sp³-hybridized carbons (Fsp3) is 0.600. The van der Waals surface area contributed by atoms with Crippen molar-refractivity contribution in [3.05, 3.63) is 0 Å². The molecule has 0 aromatic heterocycles. The van der Waals surface area contributed by atoms with Gasteiger partial charge in [0.2, 0.25) is 0 Å². The fourth-order valence-electron chi connectivity index (χ4n) is 1.47. The Hall–Kier alpha value is -1.64. The average molecular weight is 468 g/mol. The van der Waals surface area contributed by atoms with Crippen LogP contribution in [0.4, 0.5) is 52.7 Å². The summed E-state index contributed by atoms with van der Waals surface area (Å²) in [7, 11) is 0. The molecule has 8 radical (unpaired) electrons. The molecule has 0 N–H and O–H groups in total. The van der Waals surface area contributed by atoms with Crippen LogP contribution in [0.15, 0.2) is 0 Å². The van der Waals surface area contributed by atoms with Crippen molar-refractivity contribution < 1.29 is 86.8 Å². The minimum absolute atomic E-state index is 3.14. The van der Waals surface area contributed by atoms with Crippen molar-refractivity contribution in [1.29, 1.82) is 0 Å². The molecular formula is C10F12FeO4. The molecule has 1 saturated heterocycles. The molecule has 0 aromatic rings. The molecule has 1 rings (SSSR count). The first-order valence-corrected chi connectivity index (χ1v) is 5.79. The van der Waals surface area contributed by atoms with Crippen LogP contribution in [0.5, 0.6) is 0 Å². The van der Waals surface area contributed by atoms with Crippen molar-refractivity contribution in [3.8, 4) is 0 Å². The molecule has 27 heavy (non-hydrogen) atoms. The SMILES string of the molecule is FC(F)(F)[C]1(C(F)(F)F)[Fe][C]1(C(F)(F)F)C(F)(F)F.[C]=O.[C]=O.[C]=O.[C]=O. The molecule has 0 atom stereocenters. The van der Waals surface area contributed by atoms with Gasteiger partial charge in [-0.2, -0.15) is 0 Å². The summed E-state index contributed by atoms with van der Waals surface area (Å²) in [5.74, 6) is 0. The molecule has 4 nitrogen and oxygen atoms in total. The van der Waals surface area contributed by atoms with Gasteiger partial charge in [-0.3, -0.25) is 19.2 Å². The van der Waals surface area contributed by atoms with Crippen LogP contribution in [-0.4, -0.2) is 51.9 Å². The topological polar surface area (TPSA) is 68.3 Å². The van der Waals surface area contributed by atoms with Crippen LogP contribution >= 0.6 is 0 Å². The van der Waals surface area contributed by atoms with Crippen LogP contribution in [0, 0.1) is 0 Å². The minimum atomic E-state index is -6.73. The van der Waals surface area contributed by atoms with Gasteiger partial charge < -0.3 is 0 Å². The molecule has 0 unspecified atom stereocenters. The molecule has 1 aliphatic rings. The summed E-state index contributed by atoms with van der Waals surface area (Å²) in [6.07, 6.45) is -26.9. The third kappa shape index (κ3) is 5.43. The number of carbonyl (C=O) groups excluding carboxylic acids is 4. The Bertz CT molecular complexity index is 369. The van der Waals surface area contributed by atoms with E-state index in [4.69, 9.17) is 19.2 Å².